The lowest BCUT2D eigenvalue weighted by Gasteiger charge is -2.13. The summed E-state index contributed by atoms with van der Waals surface area (Å²) in [6.45, 7) is 6.18. The van der Waals surface area contributed by atoms with E-state index in [1.807, 2.05) is 6.92 Å². The van der Waals surface area contributed by atoms with Gasteiger partial charge in [0, 0.05) is 25.7 Å². The van der Waals surface area contributed by atoms with Gasteiger partial charge in [-0.2, -0.15) is 0 Å². The molecule has 0 fully saturated rings. The number of unbranched alkanes of at least 4 members (excludes halogenated alkanes) is 1. The summed E-state index contributed by atoms with van der Waals surface area (Å²) in [5.41, 5.74) is 0. The Kier molecular flexibility index (Phi) is 11.6. The first kappa shape index (κ1) is 18.5. The van der Waals surface area contributed by atoms with Gasteiger partial charge in [-0.25, -0.2) is 0 Å². The summed E-state index contributed by atoms with van der Waals surface area (Å²) in [4.78, 5) is 22.7. The molecule has 4 nitrogen and oxygen atoms in total. The summed E-state index contributed by atoms with van der Waals surface area (Å²) in [6.07, 6.45) is 4.09. The Morgan fingerprint density at radius 3 is 2.35 bits per heavy atom. The Morgan fingerprint density at radius 2 is 1.75 bits per heavy atom. The van der Waals surface area contributed by atoms with Crippen molar-refractivity contribution in [2.45, 2.75) is 71.8 Å². The summed E-state index contributed by atoms with van der Waals surface area (Å²) in [6, 6.07) is 0. The molecule has 0 saturated carbocycles. The van der Waals surface area contributed by atoms with E-state index in [2.05, 4.69) is 18.8 Å². The van der Waals surface area contributed by atoms with Crippen molar-refractivity contribution in [1.29, 1.82) is 0 Å². The SMILES string of the molecule is CCCC#CCC(CC)OC(=O)CCCC(=O)OCC. The molecular weight excluding hydrogens is 256 g/mol. The van der Waals surface area contributed by atoms with Gasteiger partial charge in [-0.1, -0.05) is 19.8 Å². The lowest BCUT2D eigenvalue weighted by atomic mass is 10.2. The molecule has 0 radical (unpaired) electrons. The number of esters is 2. The molecule has 0 amide bonds. The monoisotopic (exact) mass is 282 g/mol. The molecule has 0 aliphatic carbocycles. The zero-order valence-corrected chi connectivity index (χ0v) is 12.9. The van der Waals surface area contributed by atoms with Gasteiger partial charge in [0.15, 0.2) is 0 Å². The Bertz CT molecular complexity index is 338. The maximum atomic E-state index is 11.6. The zero-order valence-electron chi connectivity index (χ0n) is 12.9. The van der Waals surface area contributed by atoms with Crippen molar-refractivity contribution in [1.82, 2.24) is 0 Å². The van der Waals surface area contributed by atoms with Crippen LogP contribution in [0.5, 0.6) is 0 Å². The van der Waals surface area contributed by atoms with E-state index in [0.717, 1.165) is 19.3 Å². The second kappa shape index (κ2) is 12.5. The second-order valence-electron chi connectivity index (χ2n) is 4.49. The van der Waals surface area contributed by atoms with Gasteiger partial charge in [-0.15, -0.1) is 5.92 Å². The summed E-state index contributed by atoms with van der Waals surface area (Å²) in [5.74, 6) is 5.54. The van der Waals surface area contributed by atoms with Crippen LogP contribution in [-0.2, 0) is 19.1 Å². The summed E-state index contributed by atoms with van der Waals surface area (Å²) in [5, 5.41) is 0. The highest BCUT2D eigenvalue weighted by Gasteiger charge is 2.12. The van der Waals surface area contributed by atoms with E-state index in [4.69, 9.17) is 9.47 Å². The minimum absolute atomic E-state index is 0.144. The van der Waals surface area contributed by atoms with E-state index < -0.39 is 0 Å². The van der Waals surface area contributed by atoms with Gasteiger partial charge in [-0.3, -0.25) is 9.59 Å². The van der Waals surface area contributed by atoms with Crippen molar-refractivity contribution in [2.24, 2.45) is 0 Å². The smallest absolute Gasteiger partial charge is 0.306 e. The van der Waals surface area contributed by atoms with Gasteiger partial charge < -0.3 is 9.47 Å². The van der Waals surface area contributed by atoms with Crippen LogP contribution in [0.1, 0.15) is 65.7 Å². The maximum Gasteiger partial charge on any atom is 0.306 e. The van der Waals surface area contributed by atoms with E-state index in [-0.39, 0.29) is 30.9 Å². The molecule has 0 bridgehead atoms. The summed E-state index contributed by atoms with van der Waals surface area (Å²) in [7, 11) is 0. The second-order valence-corrected chi connectivity index (χ2v) is 4.49. The first-order chi connectivity index (χ1) is 9.63. The molecule has 0 aromatic carbocycles. The van der Waals surface area contributed by atoms with Crippen LogP contribution in [0.25, 0.3) is 0 Å². The normalized spacial score (nSPS) is 11.2. The van der Waals surface area contributed by atoms with Crippen LogP contribution in [0.15, 0.2) is 0 Å². The summed E-state index contributed by atoms with van der Waals surface area (Å²) >= 11 is 0. The van der Waals surface area contributed by atoms with Crippen LogP contribution in [-0.4, -0.2) is 24.6 Å². The standard InChI is InChI=1S/C16H26O4/c1-4-7-8-9-11-14(5-2)20-16(18)13-10-12-15(17)19-6-3/h14H,4-7,10-13H2,1-3H3. The van der Waals surface area contributed by atoms with E-state index in [0.29, 0.717) is 19.4 Å². The third-order valence-electron chi connectivity index (χ3n) is 2.65. The first-order valence-electron chi connectivity index (χ1n) is 7.44. The van der Waals surface area contributed by atoms with Gasteiger partial charge in [0.2, 0.25) is 0 Å². The number of rotatable bonds is 9. The van der Waals surface area contributed by atoms with Crippen molar-refractivity contribution in [3.8, 4) is 11.8 Å². The third-order valence-corrected chi connectivity index (χ3v) is 2.65. The lowest BCUT2D eigenvalue weighted by molar-refractivity contribution is -0.149. The molecule has 0 aromatic heterocycles. The number of carbonyl (C=O) groups excluding carboxylic acids is 2. The number of hydrogen-bond acceptors (Lipinski definition) is 4. The molecule has 1 unspecified atom stereocenters. The highest BCUT2D eigenvalue weighted by atomic mass is 16.5. The molecule has 0 N–H and O–H groups in total. The van der Waals surface area contributed by atoms with E-state index in [1.54, 1.807) is 6.92 Å². The van der Waals surface area contributed by atoms with Crippen molar-refractivity contribution in [3.63, 3.8) is 0 Å². The zero-order chi connectivity index (χ0) is 15.2. The molecule has 0 heterocycles. The predicted molar refractivity (Wildman–Crippen MR) is 78.0 cm³/mol. The molecule has 4 heteroatoms. The van der Waals surface area contributed by atoms with E-state index in [1.165, 1.54) is 0 Å². The molecule has 0 saturated heterocycles. The highest BCUT2D eigenvalue weighted by molar-refractivity contribution is 5.72. The average molecular weight is 282 g/mol. The molecule has 20 heavy (non-hydrogen) atoms. The fourth-order valence-electron chi connectivity index (χ4n) is 1.52. The molecule has 0 rings (SSSR count). The van der Waals surface area contributed by atoms with E-state index >= 15 is 0 Å². The first-order valence-corrected chi connectivity index (χ1v) is 7.44. The highest BCUT2D eigenvalue weighted by Crippen LogP contribution is 2.07. The molecule has 0 aromatic rings. The molecule has 0 aliphatic heterocycles. The molecule has 0 spiro atoms. The topological polar surface area (TPSA) is 52.6 Å². The molecule has 0 aliphatic rings. The largest absolute Gasteiger partial charge is 0.466 e. The maximum absolute atomic E-state index is 11.6. The van der Waals surface area contributed by atoms with Gasteiger partial charge >= 0.3 is 11.9 Å². The quantitative estimate of drug-likeness (QED) is 0.481. The van der Waals surface area contributed by atoms with Crippen LogP contribution < -0.4 is 0 Å². The van der Waals surface area contributed by atoms with Gasteiger partial charge in [-0.05, 0) is 26.2 Å². The number of hydrogen-bond donors (Lipinski definition) is 0. The Balaban J connectivity index is 3.86. The van der Waals surface area contributed by atoms with Crippen LogP contribution >= 0.6 is 0 Å². The molecular formula is C16H26O4. The fourth-order valence-corrected chi connectivity index (χ4v) is 1.52. The minimum Gasteiger partial charge on any atom is -0.466 e. The minimum atomic E-state index is -0.266. The average Bonchev–Trinajstić information content (AvgIpc) is 2.42. The van der Waals surface area contributed by atoms with Gasteiger partial charge in [0.25, 0.3) is 0 Å². The van der Waals surface area contributed by atoms with Gasteiger partial charge in [0.1, 0.15) is 6.10 Å². The number of carbonyl (C=O) groups is 2. The fraction of sp³-hybridized carbons (Fsp3) is 0.750. The van der Waals surface area contributed by atoms with Crippen LogP contribution in [0.3, 0.4) is 0 Å². The van der Waals surface area contributed by atoms with Crippen molar-refractivity contribution in [2.75, 3.05) is 6.61 Å². The Morgan fingerprint density at radius 1 is 1.05 bits per heavy atom. The van der Waals surface area contributed by atoms with E-state index in [9.17, 15) is 9.59 Å². The molecule has 114 valence electrons. The molecule has 1 atom stereocenters. The summed E-state index contributed by atoms with van der Waals surface area (Å²) < 4.78 is 10.1. The predicted octanol–water partition coefficient (Wildman–Crippen LogP) is 3.24. The van der Waals surface area contributed by atoms with Crippen LogP contribution in [0.2, 0.25) is 0 Å². The van der Waals surface area contributed by atoms with Crippen molar-refractivity contribution < 1.29 is 19.1 Å². The third kappa shape index (κ3) is 10.4. The Labute approximate surface area is 122 Å². The van der Waals surface area contributed by atoms with Crippen LogP contribution in [0.4, 0.5) is 0 Å². The van der Waals surface area contributed by atoms with Crippen LogP contribution in [0, 0.1) is 11.8 Å². The van der Waals surface area contributed by atoms with Crippen molar-refractivity contribution >= 4 is 11.9 Å². The lowest BCUT2D eigenvalue weighted by Crippen LogP contribution is -2.17. The van der Waals surface area contributed by atoms with Crippen molar-refractivity contribution in [3.05, 3.63) is 0 Å². The number of ether oxygens (including phenoxy) is 2. The Hall–Kier alpha value is -1.50. The van der Waals surface area contributed by atoms with Gasteiger partial charge in [0.05, 0.1) is 6.61 Å².